The molecular formula is C21H32O7. The molecule has 3 aliphatic rings. The molecule has 0 amide bonds. The highest BCUT2D eigenvalue weighted by molar-refractivity contribution is 6.00. The lowest BCUT2D eigenvalue weighted by atomic mass is 9.81. The lowest BCUT2D eigenvalue weighted by Gasteiger charge is -2.41. The molecule has 1 fully saturated rings. The summed E-state index contributed by atoms with van der Waals surface area (Å²) in [5.74, 6) is -0.103. The van der Waals surface area contributed by atoms with Crippen LogP contribution in [0.25, 0.3) is 0 Å². The van der Waals surface area contributed by atoms with E-state index in [1.807, 2.05) is 19.9 Å². The van der Waals surface area contributed by atoms with E-state index in [1.54, 1.807) is 13.8 Å². The summed E-state index contributed by atoms with van der Waals surface area (Å²) < 4.78 is 12.2. The summed E-state index contributed by atoms with van der Waals surface area (Å²) in [6.45, 7) is 7.05. The first-order valence-electron chi connectivity index (χ1n) is 9.96. The number of carbonyl (C=O) groups excluding carboxylic acids is 1. The highest BCUT2D eigenvalue weighted by Gasteiger charge is 2.53. The Kier molecular flexibility index (Phi) is 5.78. The molecule has 2 aliphatic heterocycles. The van der Waals surface area contributed by atoms with Crippen molar-refractivity contribution in [1.29, 1.82) is 0 Å². The van der Waals surface area contributed by atoms with Crippen molar-refractivity contribution in [3.63, 3.8) is 0 Å². The number of Topliss-reactive ketones (excluding diaryl/α,β-unsaturated/α-hetero) is 1. The van der Waals surface area contributed by atoms with E-state index < -0.39 is 29.5 Å². The van der Waals surface area contributed by atoms with Crippen molar-refractivity contribution < 1.29 is 34.7 Å². The van der Waals surface area contributed by atoms with Gasteiger partial charge in [0, 0.05) is 24.8 Å². The molecule has 2 heterocycles. The molecule has 0 spiro atoms. The van der Waals surface area contributed by atoms with E-state index in [0.717, 1.165) is 5.57 Å². The van der Waals surface area contributed by atoms with Crippen molar-refractivity contribution in [3.8, 4) is 0 Å². The molecule has 0 saturated carbocycles. The number of hydrogen-bond donors (Lipinski definition) is 4. The number of fused-ring (bicyclic) bond motifs is 1. The summed E-state index contributed by atoms with van der Waals surface area (Å²) in [6.07, 6.45) is 0.443. The van der Waals surface area contributed by atoms with Crippen LogP contribution in [0.2, 0.25) is 0 Å². The third kappa shape index (κ3) is 4.19. The number of allylic oxidation sites excluding steroid dienone is 1. The zero-order valence-corrected chi connectivity index (χ0v) is 17.0. The van der Waals surface area contributed by atoms with E-state index in [2.05, 4.69) is 0 Å². The van der Waals surface area contributed by atoms with Crippen molar-refractivity contribution in [2.75, 3.05) is 0 Å². The summed E-state index contributed by atoms with van der Waals surface area (Å²) in [7, 11) is 0. The molecule has 158 valence electrons. The largest absolute Gasteiger partial charge is 0.486 e. The molecule has 0 aromatic heterocycles. The minimum absolute atomic E-state index is 0.0365. The number of rotatable bonds is 5. The molecule has 7 nitrogen and oxygen atoms in total. The third-order valence-corrected chi connectivity index (χ3v) is 6.10. The van der Waals surface area contributed by atoms with E-state index >= 15 is 0 Å². The van der Waals surface area contributed by atoms with Gasteiger partial charge in [0.1, 0.15) is 29.7 Å². The Morgan fingerprint density at radius 1 is 1.36 bits per heavy atom. The minimum atomic E-state index is -1.19. The molecule has 28 heavy (non-hydrogen) atoms. The van der Waals surface area contributed by atoms with Crippen molar-refractivity contribution in [1.82, 2.24) is 0 Å². The molecule has 1 saturated heterocycles. The Balaban J connectivity index is 1.66. The smallest absolute Gasteiger partial charge is 0.190 e. The number of aliphatic hydroxyl groups is 4. The van der Waals surface area contributed by atoms with Gasteiger partial charge in [0.15, 0.2) is 5.78 Å². The van der Waals surface area contributed by atoms with Crippen LogP contribution >= 0.6 is 0 Å². The lowest BCUT2D eigenvalue weighted by Crippen LogP contribution is -2.48. The molecule has 1 aliphatic carbocycles. The van der Waals surface area contributed by atoms with E-state index in [-0.39, 0.29) is 30.2 Å². The van der Waals surface area contributed by atoms with Gasteiger partial charge >= 0.3 is 0 Å². The molecule has 0 aromatic carbocycles. The van der Waals surface area contributed by atoms with Gasteiger partial charge in [0.05, 0.1) is 17.8 Å². The number of hydrogen-bond acceptors (Lipinski definition) is 7. The SMILES string of the molecule is C/C(=C\[C@H]1C[C@@]2(C)OC3=C(C[C@H]2O1)C(=O)[C@@H](O)C[C@@H]3O)CCC(O)C(C)(C)O. The molecule has 1 unspecified atom stereocenters. The van der Waals surface area contributed by atoms with Crippen LogP contribution in [-0.2, 0) is 14.3 Å². The van der Waals surface area contributed by atoms with Crippen LogP contribution in [0.5, 0.6) is 0 Å². The van der Waals surface area contributed by atoms with Crippen LogP contribution < -0.4 is 0 Å². The fourth-order valence-electron chi connectivity index (χ4n) is 4.24. The topological polar surface area (TPSA) is 116 Å². The van der Waals surface area contributed by atoms with Crippen LogP contribution in [0.4, 0.5) is 0 Å². The van der Waals surface area contributed by atoms with Crippen LogP contribution in [0.15, 0.2) is 23.0 Å². The number of carbonyl (C=O) groups is 1. The predicted molar refractivity (Wildman–Crippen MR) is 101 cm³/mol. The van der Waals surface area contributed by atoms with E-state index in [1.165, 1.54) is 0 Å². The third-order valence-electron chi connectivity index (χ3n) is 6.10. The van der Waals surface area contributed by atoms with Crippen molar-refractivity contribution in [3.05, 3.63) is 23.0 Å². The van der Waals surface area contributed by atoms with Gasteiger partial charge in [-0.05, 0) is 40.5 Å². The maximum absolute atomic E-state index is 12.3. The first kappa shape index (κ1) is 21.5. The fraction of sp³-hybridized carbons (Fsp3) is 0.762. The van der Waals surface area contributed by atoms with Gasteiger partial charge in [0.2, 0.25) is 0 Å². The van der Waals surface area contributed by atoms with Gasteiger partial charge in [-0.1, -0.05) is 11.6 Å². The van der Waals surface area contributed by atoms with Gasteiger partial charge in [0.25, 0.3) is 0 Å². The summed E-state index contributed by atoms with van der Waals surface area (Å²) in [5, 5.41) is 39.9. The fourth-order valence-corrected chi connectivity index (χ4v) is 4.24. The Bertz CT molecular complexity index is 689. The number of ether oxygens (including phenoxy) is 2. The molecule has 7 heteroatoms. The van der Waals surface area contributed by atoms with Gasteiger partial charge in [-0.3, -0.25) is 4.79 Å². The second-order valence-corrected chi connectivity index (χ2v) is 9.18. The van der Waals surface area contributed by atoms with Gasteiger partial charge in [-0.2, -0.15) is 0 Å². The average Bonchev–Trinajstić information content (AvgIpc) is 2.90. The Hall–Kier alpha value is -1.25. The zero-order valence-electron chi connectivity index (χ0n) is 17.0. The van der Waals surface area contributed by atoms with E-state index in [9.17, 15) is 25.2 Å². The first-order chi connectivity index (χ1) is 12.9. The first-order valence-corrected chi connectivity index (χ1v) is 9.96. The molecule has 4 N–H and O–H groups in total. The van der Waals surface area contributed by atoms with Crippen molar-refractivity contribution in [2.24, 2.45) is 0 Å². The summed E-state index contributed by atoms with van der Waals surface area (Å²) in [5.41, 5.74) is -0.400. The maximum Gasteiger partial charge on any atom is 0.190 e. The molecule has 0 bridgehead atoms. The second kappa shape index (κ2) is 7.54. The zero-order chi connectivity index (χ0) is 20.9. The normalized spacial score (nSPS) is 37.4. The maximum atomic E-state index is 12.3. The highest BCUT2D eigenvalue weighted by atomic mass is 16.6. The van der Waals surface area contributed by atoms with Crippen LogP contribution in [-0.4, -0.2) is 67.9 Å². The van der Waals surface area contributed by atoms with Crippen molar-refractivity contribution in [2.45, 2.75) is 102 Å². The van der Waals surface area contributed by atoms with Crippen LogP contribution in [0.1, 0.15) is 59.8 Å². The van der Waals surface area contributed by atoms with Gasteiger partial charge in [-0.15, -0.1) is 0 Å². The van der Waals surface area contributed by atoms with Crippen LogP contribution in [0, 0.1) is 0 Å². The molecular weight excluding hydrogens is 364 g/mol. The van der Waals surface area contributed by atoms with Crippen molar-refractivity contribution >= 4 is 5.78 Å². The Morgan fingerprint density at radius 3 is 2.68 bits per heavy atom. The number of ketones is 1. The summed E-state index contributed by atoms with van der Waals surface area (Å²) >= 11 is 0. The molecule has 0 aromatic rings. The quantitative estimate of drug-likeness (QED) is 0.515. The van der Waals surface area contributed by atoms with Gasteiger partial charge < -0.3 is 29.9 Å². The predicted octanol–water partition coefficient (Wildman–Crippen LogP) is 1.13. The van der Waals surface area contributed by atoms with E-state index in [0.29, 0.717) is 31.3 Å². The summed E-state index contributed by atoms with van der Waals surface area (Å²) in [6, 6.07) is 0. The Labute approximate surface area is 165 Å². The Morgan fingerprint density at radius 2 is 2.04 bits per heavy atom. The van der Waals surface area contributed by atoms with E-state index in [4.69, 9.17) is 9.47 Å². The highest BCUT2D eigenvalue weighted by Crippen LogP contribution is 2.46. The van der Waals surface area contributed by atoms with Gasteiger partial charge in [-0.25, -0.2) is 0 Å². The second-order valence-electron chi connectivity index (χ2n) is 9.18. The minimum Gasteiger partial charge on any atom is -0.486 e. The number of aliphatic hydroxyl groups excluding tert-OH is 3. The van der Waals surface area contributed by atoms with Crippen LogP contribution in [0.3, 0.4) is 0 Å². The molecule has 3 rings (SSSR count). The summed E-state index contributed by atoms with van der Waals surface area (Å²) in [4.78, 5) is 12.3. The average molecular weight is 396 g/mol. The monoisotopic (exact) mass is 396 g/mol. The molecule has 0 radical (unpaired) electrons. The molecule has 6 atom stereocenters. The standard InChI is InChI=1S/C21H32O7/c1-11(5-6-16(24)20(2,3)26)7-12-10-21(4)17(27-12)8-13-18(25)14(22)9-15(23)19(13)28-21/h7,12,14-17,22-24,26H,5-6,8-10H2,1-4H3/b11-7+/t12-,14-,15-,16?,17+,21+/m0/s1. The lowest BCUT2D eigenvalue weighted by molar-refractivity contribution is -0.135.